The molecule has 0 atom stereocenters. The van der Waals surface area contributed by atoms with Crippen molar-refractivity contribution in [2.24, 2.45) is 0 Å². The van der Waals surface area contributed by atoms with Gasteiger partial charge in [-0.15, -0.1) is 0 Å². The first-order chi connectivity index (χ1) is 25.5. The minimum Gasteiger partial charge on any atom is -0.469 e. The second-order valence-corrected chi connectivity index (χ2v) is 16.0. The quantitative estimate of drug-likeness (QED) is 0.163. The van der Waals surface area contributed by atoms with Crippen LogP contribution in [0.5, 0.6) is 0 Å². The zero-order chi connectivity index (χ0) is 34.5. The highest BCUT2D eigenvalue weighted by molar-refractivity contribution is 7.00. The van der Waals surface area contributed by atoms with E-state index >= 15 is 0 Å². The molecule has 2 nitrogen and oxygen atoms in total. The lowest BCUT2D eigenvalue weighted by atomic mass is 9.34. The van der Waals surface area contributed by atoms with Crippen molar-refractivity contribution >= 4 is 51.1 Å². The van der Waals surface area contributed by atoms with Crippen LogP contribution >= 0.6 is 0 Å². The largest absolute Gasteiger partial charge is 0.469 e. The molecule has 4 aliphatic rings. The lowest BCUT2D eigenvalue weighted by molar-refractivity contribution is 0.589. The molecule has 1 aromatic heterocycles. The summed E-state index contributed by atoms with van der Waals surface area (Å²) in [5, 5.41) is 2.42. The fourth-order valence-corrected chi connectivity index (χ4v) is 10.4. The number of rotatable bonds is 1. The van der Waals surface area contributed by atoms with Crippen molar-refractivity contribution in [1.29, 1.82) is 0 Å². The van der Waals surface area contributed by atoms with Crippen molar-refractivity contribution < 1.29 is 4.42 Å². The molecular weight excluding hydrogens is 629 g/mol. The van der Waals surface area contributed by atoms with Gasteiger partial charge in [0.2, 0.25) is 0 Å². The summed E-state index contributed by atoms with van der Waals surface area (Å²) in [6, 6.07) is 57.0. The number of benzene rings is 7. The third-order valence-corrected chi connectivity index (χ3v) is 12.5. The molecule has 0 bridgehead atoms. The molecular formula is C49H34BNO. The Hall–Kier alpha value is -6.06. The maximum absolute atomic E-state index is 7.27. The van der Waals surface area contributed by atoms with Crippen molar-refractivity contribution in [3.63, 3.8) is 0 Å². The molecule has 0 unspecified atom stereocenters. The summed E-state index contributed by atoms with van der Waals surface area (Å²) >= 11 is 0. The summed E-state index contributed by atoms with van der Waals surface area (Å²) in [5.74, 6) is 0.953. The molecule has 0 radical (unpaired) electrons. The van der Waals surface area contributed by atoms with Crippen molar-refractivity contribution in [1.82, 2.24) is 0 Å². The van der Waals surface area contributed by atoms with Gasteiger partial charge in [-0.2, -0.15) is 0 Å². The zero-order valence-corrected chi connectivity index (χ0v) is 29.4. The van der Waals surface area contributed by atoms with Crippen LogP contribution in [0.25, 0.3) is 44.3 Å². The molecule has 8 aromatic rings. The Morgan fingerprint density at radius 3 is 1.88 bits per heavy atom. The van der Waals surface area contributed by atoms with Crippen LogP contribution in [0.4, 0.5) is 17.1 Å². The van der Waals surface area contributed by atoms with Crippen LogP contribution in [0.2, 0.25) is 0 Å². The number of para-hydroxylation sites is 2. The van der Waals surface area contributed by atoms with Gasteiger partial charge >= 0.3 is 0 Å². The predicted molar refractivity (Wildman–Crippen MR) is 216 cm³/mol. The van der Waals surface area contributed by atoms with Gasteiger partial charge in [0.15, 0.2) is 0 Å². The Morgan fingerprint density at radius 2 is 1.13 bits per heavy atom. The van der Waals surface area contributed by atoms with E-state index in [1.54, 1.807) is 0 Å². The lowest BCUT2D eigenvalue weighted by Crippen LogP contribution is -2.60. The molecule has 0 amide bonds. The van der Waals surface area contributed by atoms with Crippen molar-refractivity contribution in [3.8, 4) is 33.6 Å². The summed E-state index contributed by atoms with van der Waals surface area (Å²) in [6.45, 7) is 6.75. The summed E-state index contributed by atoms with van der Waals surface area (Å²) in [5.41, 5.74) is 20.0. The monoisotopic (exact) mass is 663 g/mol. The number of nitrogens with zero attached hydrogens (tertiary/aromatic N) is 1. The number of hydrogen-bond acceptors (Lipinski definition) is 2. The summed E-state index contributed by atoms with van der Waals surface area (Å²) in [6.07, 6.45) is 0. The molecule has 1 aliphatic carbocycles. The summed E-state index contributed by atoms with van der Waals surface area (Å²) in [4.78, 5) is 2.57. The van der Waals surface area contributed by atoms with Gasteiger partial charge in [0, 0.05) is 27.7 Å². The Morgan fingerprint density at radius 1 is 0.538 bits per heavy atom. The van der Waals surface area contributed by atoms with Crippen molar-refractivity contribution in [3.05, 3.63) is 179 Å². The van der Waals surface area contributed by atoms with E-state index in [0.717, 1.165) is 17.0 Å². The maximum atomic E-state index is 7.27. The third-order valence-electron chi connectivity index (χ3n) is 12.5. The van der Waals surface area contributed by atoms with Gasteiger partial charge in [0.05, 0.1) is 16.8 Å². The van der Waals surface area contributed by atoms with Gasteiger partial charge in [-0.05, 0) is 78.5 Å². The summed E-state index contributed by atoms with van der Waals surface area (Å²) < 4.78 is 7.27. The zero-order valence-electron chi connectivity index (χ0n) is 29.4. The molecule has 0 N–H and O–H groups in total. The second kappa shape index (κ2) is 9.63. The van der Waals surface area contributed by atoms with E-state index < -0.39 is 5.41 Å². The van der Waals surface area contributed by atoms with E-state index in [-0.39, 0.29) is 12.1 Å². The van der Waals surface area contributed by atoms with Crippen LogP contribution in [0.3, 0.4) is 0 Å². The van der Waals surface area contributed by atoms with Gasteiger partial charge in [0.1, 0.15) is 5.76 Å². The first-order valence-corrected chi connectivity index (χ1v) is 18.5. The highest BCUT2D eigenvalue weighted by Gasteiger charge is 2.55. The molecule has 0 saturated carbocycles. The minimum atomic E-state index is -0.453. The molecule has 0 saturated heterocycles. The number of anilines is 3. The smallest absolute Gasteiger partial charge is 0.293 e. The molecule has 7 aromatic carbocycles. The number of furan rings is 1. The molecule has 4 heterocycles. The highest BCUT2D eigenvalue weighted by atomic mass is 16.3. The Balaban J connectivity index is 1.19. The van der Waals surface area contributed by atoms with Crippen LogP contribution in [0, 0.1) is 0 Å². The first kappa shape index (κ1) is 28.6. The SMILES string of the molecule is CC(C)(C)c1ccc(-c2oc3c4c(cccc24)-c2cccc4c2B3c2cccc3c2N4c2ccccc2C32c3ccccc3-c3ccccc32)cc1. The minimum absolute atomic E-state index is 0.0494. The average Bonchev–Trinajstić information content (AvgIpc) is 3.71. The number of fused-ring (bicyclic) bond motifs is 13. The second-order valence-electron chi connectivity index (χ2n) is 16.0. The first-order valence-electron chi connectivity index (χ1n) is 18.5. The van der Waals surface area contributed by atoms with E-state index in [1.807, 2.05) is 0 Å². The Kier molecular flexibility index (Phi) is 5.30. The Bertz CT molecular complexity index is 2810. The van der Waals surface area contributed by atoms with Gasteiger partial charge < -0.3 is 9.32 Å². The fourth-order valence-electron chi connectivity index (χ4n) is 10.4. The van der Waals surface area contributed by atoms with Crippen LogP contribution in [-0.2, 0) is 10.8 Å². The molecule has 0 fully saturated rings. The standard InChI is InChI=1S/C49H34BNO/c1-48(2,3)30-27-25-29(26-28-30)46-35-17-10-15-33-34-16-11-24-42-44(34)50(47(52-46)43(33)35)40-22-12-21-39-45(40)51(42)41-23-9-8-20-38(41)49(39)36-18-6-4-13-31(36)32-14-5-7-19-37(32)49/h4-28H,1-3H3. The third kappa shape index (κ3) is 3.29. The van der Waals surface area contributed by atoms with Crippen LogP contribution in [0.15, 0.2) is 156 Å². The van der Waals surface area contributed by atoms with Crippen molar-refractivity contribution in [2.75, 3.05) is 4.90 Å². The van der Waals surface area contributed by atoms with Crippen LogP contribution in [-0.4, -0.2) is 6.71 Å². The van der Waals surface area contributed by atoms with Crippen molar-refractivity contribution in [2.45, 2.75) is 31.6 Å². The van der Waals surface area contributed by atoms with Gasteiger partial charge in [0.25, 0.3) is 6.71 Å². The molecule has 3 heteroatoms. The number of hydrogen-bond donors (Lipinski definition) is 0. The van der Waals surface area contributed by atoms with E-state index in [0.29, 0.717) is 0 Å². The molecule has 52 heavy (non-hydrogen) atoms. The summed E-state index contributed by atoms with van der Waals surface area (Å²) in [7, 11) is 0. The van der Waals surface area contributed by atoms with E-state index in [4.69, 9.17) is 4.42 Å². The molecule has 3 aliphatic heterocycles. The van der Waals surface area contributed by atoms with Gasteiger partial charge in [-0.3, -0.25) is 0 Å². The molecule has 244 valence electrons. The van der Waals surface area contributed by atoms with Gasteiger partial charge in [-0.1, -0.05) is 160 Å². The average molecular weight is 664 g/mol. The molecule has 12 rings (SSSR count). The Labute approximate surface area is 304 Å². The lowest BCUT2D eigenvalue weighted by Gasteiger charge is -2.49. The highest BCUT2D eigenvalue weighted by Crippen LogP contribution is 2.63. The molecule has 1 spiro atoms. The normalized spacial score (nSPS) is 14.9. The van der Waals surface area contributed by atoms with Crippen LogP contribution < -0.4 is 21.5 Å². The van der Waals surface area contributed by atoms with E-state index in [9.17, 15) is 0 Å². The van der Waals surface area contributed by atoms with E-state index in [1.165, 1.54) is 88.8 Å². The fraction of sp³-hybridized carbons (Fsp3) is 0.102. The topological polar surface area (TPSA) is 16.4 Å². The van der Waals surface area contributed by atoms with Crippen LogP contribution in [0.1, 0.15) is 48.6 Å². The predicted octanol–water partition coefficient (Wildman–Crippen LogP) is 10.4. The maximum Gasteiger partial charge on any atom is 0.293 e. The van der Waals surface area contributed by atoms with E-state index in [2.05, 4.69) is 177 Å². The van der Waals surface area contributed by atoms with Gasteiger partial charge in [-0.25, -0.2) is 0 Å².